The van der Waals surface area contributed by atoms with E-state index in [0.717, 1.165) is 17.5 Å². The van der Waals surface area contributed by atoms with Gasteiger partial charge in [0.2, 0.25) is 0 Å². The number of benzene rings is 2. The fourth-order valence-electron chi connectivity index (χ4n) is 2.88. The molecule has 0 saturated carbocycles. The van der Waals surface area contributed by atoms with Crippen LogP contribution in [-0.2, 0) is 29.0 Å². The van der Waals surface area contributed by atoms with Crippen LogP contribution in [0.15, 0.2) is 36.4 Å². The Hall–Kier alpha value is -1.75. The fourth-order valence-corrected chi connectivity index (χ4v) is 3.39. The standard InChI is InChI=1S/C18H17Cl2NO3/c19-14-5-2-6-15(20)17(14)21-16(18(22)23)9-12-4-1-3-11-7-8-24-10-13(11)12/h1-6,16,21H,7-10H2,(H,22,23)/t16-/m0/s1. The minimum atomic E-state index is -0.958. The molecule has 4 nitrogen and oxygen atoms in total. The molecule has 0 fully saturated rings. The van der Waals surface area contributed by atoms with Crippen molar-refractivity contribution in [2.24, 2.45) is 0 Å². The number of hydrogen-bond acceptors (Lipinski definition) is 3. The summed E-state index contributed by atoms with van der Waals surface area (Å²) in [6, 6.07) is 10.2. The van der Waals surface area contributed by atoms with Crippen molar-refractivity contribution in [2.45, 2.75) is 25.5 Å². The molecule has 6 heteroatoms. The van der Waals surface area contributed by atoms with E-state index in [1.165, 1.54) is 5.56 Å². The molecule has 0 bridgehead atoms. The first-order valence-electron chi connectivity index (χ1n) is 7.67. The first-order chi connectivity index (χ1) is 11.6. The maximum atomic E-state index is 11.7. The van der Waals surface area contributed by atoms with E-state index in [1.807, 2.05) is 12.1 Å². The van der Waals surface area contributed by atoms with Gasteiger partial charge in [-0.05, 0) is 35.2 Å². The number of anilines is 1. The lowest BCUT2D eigenvalue weighted by Crippen LogP contribution is -2.32. The summed E-state index contributed by atoms with van der Waals surface area (Å²) in [5, 5.41) is 13.4. The van der Waals surface area contributed by atoms with Crippen molar-refractivity contribution in [3.05, 3.63) is 63.1 Å². The number of nitrogens with one attached hydrogen (secondary N) is 1. The molecular weight excluding hydrogens is 349 g/mol. The summed E-state index contributed by atoms with van der Waals surface area (Å²) < 4.78 is 5.53. The second-order valence-electron chi connectivity index (χ2n) is 5.69. The molecule has 1 aliphatic rings. The second kappa shape index (κ2) is 7.43. The Morgan fingerprint density at radius 1 is 1.21 bits per heavy atom. The minimum absolute atomic E-state index is 0.323. The summed E-state index contributed by atoms with van der Waals surface area (Å²) in [5.41, 5.74) is 3.71. The molecule has 2 N–H and O–H groups in total. The molecule has 2 aromatic rings. The minimum Gasteiger partial charge on any atom is -0.480 e. The van der Waals surface area contributed by atoms with Crippen LogP contribution >= 0.6 is 23.2 Å². The molecule has 126 valence electrons. The normalized spacial score (nSPS) is 14.8. The van der Waals surface area contributed by atoms with Crippen LogP contribution in [0.25, 0.3) is 0 Å². The van der Waals surface area contributed by atoms with Crippen LogP contribution in [0.1, 0.15) is 16.7 Å². The molecule has 0 spiro atoms. The molecule has 1 atom stereocenters. The number of aliphatic carboxylic acids is 1. The van der Waals surface area contributed by atoms with E-state index < -0.39 is 12.0 Å². The quantitative estimate of drug-likeness (QED) is 0.834. The highest BCUT2D eigenvalue weighted by Crippen LogP contribution is 2.31. The maximum Gasteiger partial charge on any atom is 0.326 e. The van der Waals surface area contributed by atoms with Crippen LogP contribution in [-0.4, -0.2) is 23.7 Å². The number of hydrogen-bond donors (Lipinski definition) is 2. The van der Waals surface area contributed by atoms with E-state index in [9.17, 15) is 9.90 Å². The predicted molar refractivity (Wildman–Crippen MR) is 95.0 cm³/mol. The number of para-hydroxylation sites is 1. The fraction of sp³-hybridized carbons (Fsp3) is 0.278. The third-order valence-corrected chi connectivity index (χ3v) is 4.77. The van der Waals surface area contributed by atoms with Gasteiger partial charge in [0, 0.05) is 6.42 Å². The number of ether oxygens (including phenoxy) is 1. The zero-order chi connectivity index (χ0) is 17.1. The van der Waals surface area contributed by atoms with Gasteiger partial charge >= 0.3 is 5.97 Å². The van der Waals surface area contributed by atoms with Gasteiger partial charge in [-0.25, -0.2) is 4.79 Å². The van der Waals surface area contributed by atoms with E-state index >= 15 is 0 Å². The van der Waals surface area contributed by atoms with Crippen molar-refractivity contribution in [1.82, 2.24) is 0 Å². The third kappa shape index (κ3) is 3.66. The van der Waals surface area contributed by atoms with Gasteiger partial charge in [-0.3, -0.25) is 0 Å². The molecule has 0 radical (unpaired) electrons. The highest BCUT2D eigenvalue weighted by Gasteiger charge is 2.23. The van der Waals surface area contributed by atoms with Gasteiger partial charge in [-0.1, -0.05) is 47.5 Å². The SMILES string of the molecule is O=C(O)[C@H](Cc1cccc2c1COCC2)Nc1c(Cl)cccc1Cl. The van der Waals surface area contributed by atoms with Crippen LogP contribution in [0, 0.1) is 0 Å². The summed E-state index contributed by atoms with van der Waals surface area (Å²) in [6.45, 7) is 1.22. The van der Waals surface area contributed by atoms with Gasteiger partial charge in [0.25, 0.3) is 0 Å². The van der Waals surface area contributed by atoms with Crippen molar-refractivity contribution in [3.8, 4) is 0 Å². The first-order valence-corrected chi connectivity index (χ1v) is 8.42. The molecule has 1 aliphatic heterocycles. The largest absolute Gasteiger partial charge is 0.480 e. The number of carbonyl (C=O) groups is 1. The molecule has 2 aromatic carbocycles. The molecule has 24 heavy (non-hydrogen) atoms. The lowest BCUT2D eigenvalue weighted by Gasteiger charge is -2.23. The number of carboxylic acids is 1. The van der Waals surface area contributed by atoms with Crippen LogP contribution in [0.5, 0.6) is 0 Å². The molecule has 3 rings (SSSR count). The maximum absolute atomic E-state index is 11.7. The molecule has 0 saturated heterocycles. The summed E-state index contributed by atoms with van der Waals surface area (Å²) in [5.74, 6) is -0.958. The lowest BCUT2D eigenvalue weighted by atomic mass is 9.93. The Morgan fingerprint density at radius 3 is 2.62 bits per heavy atom. The van der Waals surface area contributed by atoms with E-state index in [0.29, 0.717) is 35.4 Å². The topological polar surface area (TPSA) is 58.6 Å². The van der Waals surface area contributed by atoms with Crippen molar-refractivity contribution in [3.63, 3.8) is 0 Å². The highest BCUT2D eigenvalue weighted by molar-refractivity contribution is 6.39. The lowest BCUT2D eigenvalue weighted by molar-refractivity contribution is -0.137. The Kier molecular flexibility index (Phi) is 5.29. The summed E-state index contributed by atoms with van der Waals surface area (Å²) in [6.07, 6.45) is 1.17. The second-order valence-corrected chi connectivity index (χ2v) is 6.51. The summed E-state index contributed by atoms with van der Waals surface area (Å²) in [7, 11) is 0. The summed E-state index contributed by atoms with van der Waals surface area (Å²) >= 11 is 12.3. The third-order valence-electron chi connectivity index (χ3n) is 4.14. The zero-order valence-electron chi connectivity index (χ0n) is 12.9. The van der Waals surface area contributed by atoms with E-state index in [-0.39, 0.29) is 0 Å². The number of carboxylic acid groups (broad SMARTS) is 1. The Bertz CT molecular complexity index is 744. The number of rotatable bonds is 5. The van der Waals surface area contributed by atoms with Crippen LogP contribution in [0.4, 0.5) is 5.69 Å². The summed E-state index contributed by atoms with van der Waals surface area (Å²) in [4.78, 5) is 11.7. The van der Waals surface area contributed by atoms with Crippen LogP contribution in [0.3, 0.4) is 0 Å². The zero-order valence-corrected chi connectivity index (χ0v) is 14.4. The van der Waals surface area contributed by atoms with Crippen molar-refractivity contribution in [2.75, 3.05) is 11.9 Å². The monoisotopic (exact) mass is 365 g/mol. The predicted octanol–water partition coefficient (Wildman–Crippen LogP) is 4.17. The molecule has 0 amide bonds. The van der Waals surface area contributed by atoms with Gasteiger partial charge in [-0.2, -0.15) is 0 Å². The Morgan fingerprint density at radius 2 is 1.92 bits per heavy atom. The highest BCUT2D eigenvalue weighted by atomic mass is 35.5. The average Bonchev–Trinajstić information content (AvgIpc) is 2.57. The molecule has 0 unspecified atom stereocenters. The van der Waals surface area contributed by atoms with E-state index in [2.05, 4.69) is 11.4 Å². The van der Waals surface area contributed by atoms with Crippen LogP contribution in [0.2, 0.25) is 10.0 Å². The molecular formula is C18H17Cl2NO3. The van der Waals surface area contributed by atoms with Gasteiger partial charge < -0.3 is 15.2 Å². The van der Waals surface area contributed by atoms with Gasteiger partial charge in [0.05, 0.1) is 28.9 Å². The average molecular weight is 366 g/mol. The molecule has 0 aliphatic carbocycles. The first kappa shape index (κ1) is 17.1. The number of halogens is 2. The van der Waals surface area contributed by atoms with Gasteiger partial charge in [0.15, 0.2) is 0 Å². The van der Waals surface area contributed by atoms with Crippen LogP contribution < -0.4 is 5.32 Å². The van der Waals surface area contributed by atoms with Crippen molar-refractivity contribution in [1.29, 1.82) is 0 Å². The molecule has 1 heterocycles. The van der Waals surface area contributed by atoms with E-state index in [1.54, 1.807) is 18.2 Å². The van der Waals surface area contributed by atoms with E-state index in [4.69, 9.17) is 27.9 Å². The van der Waals surface area contributed by atoms with Gasteiger partial charge in [-0.15, -0.1) is 0 Å². The molecule has 0 aromatic heterocycles. The Balaban J connectivity index is 1.87. The smallest absolute Gasteiger partial charge is 0.326 e. The van der Waals surface area contributed by atoms with Crippen molar-refractivity contribution >= 4 is 34.9 Å². The number of fused-ring (bicyclic) bond motifs is 1. The Labute approximate surface area is 150 Å². The van der Waals surface area contributed by atoms with Crippen molar-refractivity contribution < 1.29 is 14.6 Å². The van der Waals surface area contributed by atoms with Gasteiger partial charge in [0.1, 0.15) is 6.04 Å².